The van der Waals surface area contributed by atoms with Crippen molar-refractivity contribution in [2.75, 3.05) is 19.6 Å². The van der Waals surface area contributed by atoms with Crippen LogP contribution in [-0.2, 0) is 4.79 Å². The highest BCUT2D eigenvalue weighted by Crippen LogP contribution is 2.27. The summed E-state index contributed by atoms with van der Waals surface area (Å²) in [6.45, 7) is 9.92. The van der Waals surface area contributed by atoms with E-state index in [1.165, 1.54) is 19.3 Å². The Hall–Kier alpha value is -0.570. The Kier molecular flexibility index (Phi) is 4.66. The standard InChI is InChI=1S/C15H28N2O/c1-11-6-8-17(13(11)3)15(18)9-12(2)14-5-4-7-16-10-14/h11-14,16H,4-10H2,1-3H3. The molecular weight excluding hydrogens is 224 g/mol. The summed E-state index contributed by atoms with van der Waals surface area (Å²) in [5, 5.41) is 3.45. The molecule has 0 radical (unpaired) electrons. The topological polar surface area (TPSA) is 32.3 Å². The minimum Gasteiger partial charge on any atom is -0.340 e. The zero-order valence-corrected chi connectivity index (χ0v) is 12.1. The number of carbonyl (C=O) groups is 1. The van der Waals surface area contributed by atoms with E-state index < -0.39 is 0 Å². The van der Waals surface area contributed by atoms with E-state index in [0.717, 1.165) is 26.1 Å². The van der Waals surface area contributed by atoms with Crippen LogP contribution in [0.1, 0.15) is 46.5 Å². The molecule has 0 aromatic carbocycles. The summed E-state index contributed by atoms with van der Waals surface area (Å²) in [6.07, 6.45) is 4.46. The SMILES string of the molecule is CC(CC(=O)N1CCC(C)C1C)C1CCCNC1. The molecular formula is C15H28N2O. The quantitative estimate of drug-likeness (QED) is 0.835. The van der Waals surface area contributed by atoms with E-state index in [4.69, 9.17) is 0 Å². The molecule has 3 heteroatoms. The first-order valence-corrected chi connectivity index (χ1v) is 7.59. The fourth-order valence-electron chi connectivity index (χ4n) is 3.37. The normalized spacial score (nSPS) is 34.6. The van der Waals surface area contributed by atoms with Crippen LogP contribution in [0.25, 0.3) is 0 Å². The number of hydrogen-bond donors (Lipinski definition) is 1. The van der Waals surface area contributed by atoms with Crippen LogP contribution in [0.3, 0.4) is 0 Å². The van der Waals surface area contributed by atoms with Crippen LogP contribution in [0.15, 0.2) is 0 Å². The molecule has 2 heterocycles. The summed E-state index contributed by atoms with van der Waals surface area (Å²) >= 11 is 0. The number of piperidine rings is 1. The Morgan fingerprint density at radius 3 is 2.72 bits per heavy atom. The van der Waals surface area contributed by atoms with Crippen molar-refractivity contribution in [1.29, 1.82) is 0 Å². The van der Waals surface area contributed by atoms with E-state index in [1.54, 1.807) is 0 Å². The maximum absolute atomic E-state index is 12.4. The van der Waals surface area contributed by atoms with Crippen molar-refractivity contribution in [3.8, 4) is 0 Å². The Labute approximate surface area is 111 Å². The number of likely N-dealkylation sites (tertiary alicyclic amines) is 1. The Morgan fingerprint density at radius 2 is 2.17 bits per heavy atom. The minimum atomic E-state index is 0.380. The van der Waals surface area contributed by atoms with Crippen LogP contribution in [-0.4, -0.2) is 36.5 Å². The lowest BCUT2D eigenvalue weighted by Gasteiger charge is -2.30. The average Bonchev–Trinajstić information content (AvgIpc) is 2.71. The summed E-state index contributed by atoms with van der Waals surface area (Å²) in [6, 6.07) is 0.439. The van der Waals surface area contributed by atoms with Crippen molar-refractivity contribution in [3.05, 3.63) is 0 Å². The van der Waals surface area contributed by atoms with Gasteiger partial charge in [0.05, 0.1) is 0 Å². The van der Waals surface area contributed by atoms with Gasteiger partial charge in [-0.1, -0.05) is 13.8 Å². The summed E-state index contributed by atoms with van der Waals surface area (Å²) in [4.78, 5) is 14.5. The Balaban J connectivity index is 1.83. The van der Waals surface area contributed by atoms with Gasteiger partial charge in [0.15, 0.2) is 0 Å². The van der Waals surface area contributed by atoms with Crippen molar-refractivity contribution < 1.29 is 4.79 Å². The van der Waals surface area contributed by atoms with E-state index in [-0.39, 0.29) is 0 Å². The van der Waals surface area contributed by atoms with Gasteiger partial charge >= 0.3 is 0 Å². The second-order valence-corrected chi connectivity index (χ2v) is 6.38. The summed E-state index contributed by atoms with van der Waals surface area (Å²) < 4.78 is 0. The molecule has 2 aliphatic heterocycles. The summed E-state index contributed by atoms with van der Waals surface area (Å²) in [7, 11) is 0. The van der Waals surface area contributed by atoms with Gasteiger partial charge in [0.1, 0.15) is 0 Å². The van der Waals surface area contributed by atoms with Gasteiger partial charge in [-0.3, -0.25) is 4.79 Å². The second kappa shape index (κ2) is 6.05. The maximum atomic E-state index is 12.4. The van der Waals surface area contributed by atoms with Gasteiger partial charge in [-0.2, -0.15) is 0 Å². The zero-order chi connectivity index (χ0) is 13.1. The lowest BCUT2D eigenvalue weighted by Crippen LogP contribution is -2.39. The Morgan fingerprint density at radius 1 is 1.39 bits per heavy atom. The van der Waals surface area contributed by atoms with Gasteiger partial charge in [0.25, 0.3) is 0 Å². The summed E-state index contributed by atoms with van der Waals surface area (Å²) in [5.74, 6) is 2.26. The molecule has 0 saturated carbocycles. The molecule has 4 atom stereocenters. The Bertz CT molecular complexity index is 286. The zero-order valence-electron chi connectivity index (χ0n) is 12.1. The van der Waals surface area contributed by atoms with Gasteiger partial charge in [0, 0.05) is 19.0 Å². The summed E-state index contributed by atoms with van der Waals surface area (Å²) in [5.41, 5.74) is 0. The third-order valence-electron chi connectivity index (χ3n) is 5.10. The molecule has 104 valence electrons. The van der Waals surface area contributed by atoms with Crippen molar-refractivity contribution in [1.82, 2.24) is 10.2 Å². The number of nitrogens with zero attached hydrogens (tertiary/aromatic N) is 1. The fraction of sp³-hybridized carbons (Fsp3) is 0.933. The molecule has 2 saturated heterocycles. The van der Waals surface area contributed by atoms with Crippen molar-refractivity contribution in [2.45, 2.75) is 52.5 Å². The molecule has 0 aliphatic carbocycles. The first-order chi connectivity index (χ1) is 8.59. The van der Waals surface area contributed by atoms with Crippen LogP contribution in [0.2, 0.25) is 0 Å². The molecule has 2 rings (SSSR count). The van der Waals surface area contributed by atoms with E-state index in [2.05, 4.69) is 31.0 Å². The van der Waals surface area contributed by atoms with Crippen molar-refractivity contribution in [3.63, 3.8) is 0 Å². The molecule has 18 heavy (non-hydrogen) atoms. The molecule has 0 bridgehead atoms. The van der Waals surface area contributed by atoms with Gasteiger partial charge < -0.3 is 10.2 Å². The predicted octanol–water partition coefficient (Wildman–Crippen LogP) is 2.27. The number of carbonyl (C=O) groups excluding carboxylic acids is 1. The van der Waals surface area contributed by atoms with E-state index in [0.29, 0.717) is 29.7 Å². The molecule has 3 nitrogen and oxygen atoms in total. The average molecular weight is 252 g/mol. The van der Waals surface area contributed by atoms with E-state index in [9.17, 15) is 4.79 Å². The first kappa shape index (κ1) is 13.9. The lowest BCUT2D eigenvalue weighted by atomic mass is 9.85. The third-order valence-corrected chi connectivity index (χ3v) is 5.10. The monoisotopic (exact) mass is 252 g/mol. The van der Waals surface area contributed by atoms with Crippen LogP contribution in [0, 0.1) is 17.8 Å². The number of amides is 1. The number of nitrogens with one attached hydrogen (secondary N) is 1. The molecule has 1 N–H and O–H groups in total. The van der Waals surface area contributed by atoms with Crippen molar-refractivity contribution >= 4 is 5.91 Å². The highest BCUT2D eigenvalue weighted by Gasteiger charge is 2.32. The highest BCUT2D eigenvalue weighted by atomic mass is 16.2. The smallest absolute Gasteiger partial charge is 0.223 e. The molecule has 0 aromatic rings. The van der Waals surface area contributed by atoms with Gasteiger partial charge in [-0.25, -0.2) is 0 Å². The number of hydrogen-bond acceptors (Lipinski definition) is 2. The lowest BCUT2D eigenvalue weighted by molar-refractivity contribution is -0.133. The van der Waals surface area contributed by atoms with Gasteiger partial charge in [-0.05, 0) is 57.0 Å². The molecule has 0 aromatic heterocycles. The van der Waals surface area contributed by atoms with E-state index in [1.807, 2.05) is 0 Å². The van der Waals surface area contributed by atoms with Crippen LogP contribution in [0.5, 0.6) is 0 Å². The molecule has 2 aliphatic rings. The third kappa shape index (κ3) is 3.05. The van der Waals surface area contributed by atoms with Crippen LogP contribution in [0.4, 0.5) is 0 Å². The largest absolute Gasteiger partial charge is 0.340 e. The van der Waals surface area contributed by atoms with Gasteiger partial charge in [-0.15, -0.1) is 0 Å². The second-order valence-electron chi connectivity index (χ2n) is 6.38. The highest BCUT2D eigenvalue weighted by molar-refractivity contribution is 5.77. The predicted molar refractivity (Wildman–Crippen MR) is 74.3 cm³/mol. The fourth-order valence-corrected chi connectivity index (χ4v) is 3.37. The van der Waals surface area contributed by atoms with Crippen molar-refractivity contribution in [2.24, 2.45) is 17.8 Å². The molecule has 0 spiro atoms. The first-order valence-electron chi connectivity index (χ1n) is 7.59. The van der Waals surface area contributed by atoms with Gasteiger partial charge in [0.2, 0.25) is 5.91 Å². The number of rotatable bonds is 3. The molecule has 2 fully saturated rings. The maximum Gasteiger partial charge on any atom is 0.223 e. The minimum absolute atomic E-state index is 0.380. The van der Waals surface area contributed by atoms with E-state index >= 15 is 0 Å². The van der Waals surface area contributed by atoms with Crippen LogP contribution < -0.4 is 5.32 Å². The molecule has 4 unspecified atom stereocenters. The van der Waals surface area contributed by atoms with Crippen LogP contribution >= 0.6 is 0 Å². The molecule has 1 amide bonds.